The SMILES string of the molecule is Cc1ccc(S(=O)(=O)C2C(=O)NC3(C)CC2c2cc(Cl)ccc2O3)cc1. The van der Waals surface area contributed by atoms with Crippen LogP contribution in [0.15, 0.2) is 47.4 Å². The lowest BCUT2D eigenvalue weighted by Crippen LogP contribution is -2.63. The fourth-order valence-corrected chi connectivity index (χ4v) is 5.81. The van der Waals surface area contributed by atoms with Gasteiger partial charge in [-0.1, -0.05) is 29.3 Å². The maximum atomic E-state index is 13.3. The highest BCUT2D eigenvalue weighted by Gasteiger charge is 2.54. The van der Waals surface area contributed by atoms with Gasteiger partial charge in [0.25, 0.3) is 0 Å². The third-order valence-corrected chi connectivity index (χ3v) is 7.39. The van der Waals surface area contributed by atoms with Crippen LogP contribution in [0.5, 0.6) is 5.75 Å². The molecule has 0 radical (unpaired) electrons. The molecular formula is C19H18ClNO4S. The summed E-state index contributed by atoms with van der Waals surface area (Å²) in [6, 6.07) is 11.6. The van der Waals surface area contributed by atoms with Gasteiger partial charge in [0.2, 0.25) is 5.91 Å². The maximum Gasteiger partial charge on any atom is 0.242 e. The monoisotopic (exact) mass is 391 g/mol. The average molecular weight is 392 g/mol. The van der Waals surface area contributed by atoms with Crippen molar-refractivity contribution in [3.8, 4) is 5.75 Å². The first-order valence-electron chi connectivity index (χ1n) is 8.31. The predicted octanol–water partition coefficient (Wildman–Crippen LogP) is 3.20. The van der Waals surface area contributed by atoms with Gasteiger partial charge in [0.15, 0.2) is 20.8 Å². The third kappa shape index (κ3) is 2.68. The molecule has 1 fully saturated rings. The molecule has 3 atom stereocenters. The fraction of sp³-hybridized carbons (Fsp3) is 0.316. The molecule has 2 bridgehead atoms. The molecule has 0 spiro atoms. The molecule has 26 heavy (non-hydrogen) atoms. The van der Waals surface area contributed by atoms with Gasteiger partial charge >= 0.3 is 0 Å². The molecule has 2 aliphatic heterocycles. The summed E-state index contributed by atoms with van der Waals surface area (Å²) in [6.45, 7) is 3.63. The Balaban J connectivity index is 1.86. The Morgan fingerprint density at radius 3 is 2.58 bits per heavy atom. The number of hydrogen-bond acceptors (Lipinski definition) is 4. The van der Waals surface area contributed by atoms with Gasteiger partial charge in [-0.2, -0.15) is 0 Å². The van der Waals surface area contributed by atoms with Gasteiger partial charge in [-0.15, -0.1) is 0 Å². The van der Waals surface area contributed by atoms with Crippen molar-refractivity contribution in [1.82, 2.24) is 5.32 Å². The third-order valence-electron chi connectivity index (χ3n) is 5.01. The molecule has 136 valence electrons. The van der Waals surface area contributed by atoms with E-state index in [1.165, 1.54) is 0 Å². The van der Waals surface area contributed by atoms with Crippen molar-refractivity contribution in [2.75, 3.05) is 0 Å². The number of ether oxygens (including phenoxy) is 1. The second kappa shape index (κ2) is 5.72. The lowest BCUT2D eigenvalue weighted by Gasteiger charge is -2.46. The van der Waals surface area contributed by atoms with E-state index in [1.54, 1.807) is 49.4 Å². The largest absolute Gasteiger partial charge is 0.468 e. The van der Waals surface area contributed by atoms with Crippen LogP contribution in [0.1, 0.15) is 30.4 Å². The van der Waals surface area contributed by atoms with Crippen molar-refractivity contribution in [2.24, 2.45) is 0 Å². The number of fused-ring (bicyclic) bond motifs is 4. The second-order valence-electron chi connectivity index (χ2n) is 7.09. The second-order valence-corrected chi connectivity index (χ2v) is 9.60. The Kier molecular flexibility index (Phi) is 3.82. The molecule has 0 aromatic heterocycles. The first-order valence-corrected chi connectivity index (χ1v) is 10.2. The smallest absolute Gasteiger partial charge is 0.242 e. The number of sulfone groups is 1. The summed E-state index contributed by atoms with van der Waals surface area (Å²) in [6.07, 6.45) is 0.363. The number of rotatable bonds is 2. The fourth-order valence-electron chi connectivity index (χ4n) is 3.81. The number of benzene rings is 2. The lowest BCUT2D eigenvalue weighted by atomic mass is 9.81. The van der Waals surface area contributed by atoms with Crippen LogP contribution in [0, 0.1) is 6.92 Å². The van der Waals surface area contributed by atoms with Gasteiger partial charge in [-0.25, -0.2) is 8.42 Å². The summed E-state index contributed by atoms with van der Waals surface area (Å²) in [5.74, 6) is -0.519. The number of piperidine rings is 1. The van der Waals surface area contributed by atoms with Crippen molar-refractivity contribution in [3.05, 3.63) is 58.6 Å². The zero-order valence-electron chi connectivity index (χ0n) is 14.3. The number of nitrogens with one attached hydrogen (secondary N) is 1. The molecule has 0 aliphatic carbocycles. The van der Waals surface area contributed by atoms with Crippen LogP contribution in [-0.4, -0.2) is 25.3 Å². The van der Waals surface area contributed by atoms with Gasteiger partial charge in [0.1, 0.15) is 5.75 Å². The van der Waals surface area contributed by atoms with Crippen LogP contribution in [0.25, 0.3) is 0 Å². The zero-order chi connectivity index (χ0) is 18.7. The number of hydrogen-bond donors (Lipinski definition) is 1. The number of amides is 1. The predicted molar refractivity (Wildman–Crippen MR) is 98.1 cm³/mol. The highest BCUT2D eigenvalue weighted by molar-refractivity contribution is 7.92. The van der Waals surface area contributed by atoms with Gasteiger partial charge in [0, 0.05) is 22.9 Å². The highest BCUT2D eigenvalue weighted by Crippen LogP contribution is 2.47. The van der Waals surface area contributed by atoms with Gasteiger partial charge < -0.3 is 10.1 Å². The first kappa shape index (κ1) is 17.4. The van der Waals surface area contributed by atoms with Crippen LogP contribution in [0.3, 0.4) is 0 Å². The molecule has 4 rings (SSSR count). The highest BCUT2D eigenvalue weighted by atomic mass is 35.5. The van der Waals surface area contributed by atoms with Crippen molar-refractivity contribution in [2.45, 2.75) is 42.1 Å². The molecule has 3 unspecified atom stereocenters. The molecule has 2 aromatic rings. The van der Waals surface area contributed by atoms with E-state index < -0.39 is 32.6 Å². The molecule has 1 amide bonds. The van der Waals surface area contributed by atoms with E-state index in [0.717, 1.165) is 5.56 Å². The van der Waals surface area contributed by atoms with Crippen molar-refractivity contribution < 1.29 is 17.9 Å². The summed E-state index contributed by atoms with van der Waals surface area (Å²) < 4.78 is 32.5. The van der Waals surface area contributed by atoms with Crippen molar-refractivity contribution >= 4 is 27.3 Å². The Labute approximate surface area is 157 Å². The molecular weight excluding hydrogens is 374 g/mol. The Bertz CT molecular complexity index is 1000. The van der Waals surface area contributed by atoms with Crippen LogP contribution >= 0.6 is 11.6 Å². The van der Waals surface area contributed by atoms with E-state index in [0.29, 0.717) is 22.8 Å². The molecule has 2 heterocycles. The minimum atomic E-state index is -3.87. The van der Waals surface area contributed by atoms with Crippen LogP contribution in [-0.2, 0) is 14.6 Å². The number of halogens is 1. The summed E-state index contributed by atoms with van der Waals surface area (Å²) in [7, 11) is -3.87. The Hall–Kier alpha value is -2.05. The van der Waals surface area contributed by atoms with E-state index in [4.69, 9.17) is 16.3 Å². The van der Waals surface area contributed by atoms with E-state index in [2.05, 4.69) is 5.32 Å². The van der Waals surface area contributed by atoms with Gasteiger partial charge in [-0.05, 0) is 44.2 Å². The number of carbonyl (C=O) groups is 1. The van der Waals surface area contributed by atoms with Crippen molar-refractivity contribution in [1.29, 1.82) is 0 Å². The summed E-state index contributed by atoms with van der Waals surface area (Å²) in [5.41, 5.74) is 0.681. The normalized spacial score (nSPS) is 27.3. The summed E-state index contributed by atoms with van der Waals surface area (Å²) in [5, 5.41) is 2.00. The van der Waals surface area contributed by atoms with E-state index in [9.17, 15) is 13.2 Å². The average Bonchev–Trinajstić information content (AvgIpc) is 2.55. The van der Waals surface area contributed by atoms with Crippen LogP contribution in [0.2, 0.25) is 5.02 Å². The first-order chi connectivity index (χ1) is 12.2. The molecule has 2 aliphatic rings. The van der Waals surface area contributed by atoms with E-state index in [1.807, 2.05) is 6.92 Å². The summed E-state index contributed by atoms with van der Waals surface area (Å²) in [4.78, 5) is 12.9. The number of carbonyl (C=O) groups excluding carboxylic acids is 1. The topological polar surface area (TPSA) is 72.5 Å². The standard InChI is InChI=1S/C19H18ClNO4S/c1-11-3-6-13(7-4-11)26(23,24)17-15-10-19(2,21-18(17)22)25-16-8-5-12(20)9-14(15)16/h3-9,15,17H,10H2,1-2H3,(H,21,22). The van der Waals surface area contributed by atoms with E-state index in [-0.39, 0.29) is 4.90 Å². The Morgan fingerprint density at radius 1 is 1.19 bits per heavy atom. The molecule has 5 nitrogen and oxygen atoms in total. The molecule has 0 saturated carbocycles. The molecule has 1 N–H and O–H groups in total. The van der Waals surface area contributed by atoms with Crippen LogP contribution in [0.4, 0.5) is 0 Å². The number of aryl methyl sites for hydroxylation is 1. The quantitative estimate of drug-likeness (QED) is 0.853. The summed E-state index contributed by atoms with van der Waals surface area (Å²) >= 11 is 6.12. The lowest BCUT2D eigenvalue weighted by molar-refractivity contribution is -0.132. The molecule has 1 saturated heterocycles. The minimum absolute atomic E-state index is 0.141. The zero-order valence-corrected chi connectivity index (χ0v) is 15.9. The van der Waals surface area contributed by atoms with E-state index >= 15 is 0 Å². The minimum Gasteiger partial charge on any atom is -0.468 e. The van der Waals surface area contributed by atoms with Gasteiger partial charge in [-0.3, -0.25) is 4.79 Å². The van der Waals surface area contributed by atoms with Gasteiger partial charge in [0.05, 0.1) is 4.90 Å². The maximum absolute atomic E-state index is 13.3. The Morgan fingerprint density at radius 2 is 1.88 bits per heavy atom. The van der Waals surface area contributed by atoms with Crippen molar-refractivity contribution in [3.63, 3.8) is 0 Å². The molecule has 2 aromatic carbocycles. The molecule has 7 heteroatoms. The van der Waals surface area contributed by atoms with Crippen LogP contribution < -0.4 is 10.1 Å².